The van der Waals surface area contributed by atoms with Crippen LogP contribution in [0.2, 0.25) is 0 Å². The Balaban J connectivity index is 2.32. The molecule has 1 aromatic carbocycles. The molecule has 2 N–H and O–H groups in total. The number of rotatable bonds is 7. The van der Waals surface area contributed by atoms with Crippen molar-refractivity contribution < 1.29 is 14.2 Å². The molecule has 0 bridgehead atoms. The first-order valence-corrected chi connectivity index (χ1v) is 6.67. The van der Waals surface area contributed by atoms with Crippen molar-refractivity contribution in [1.82, 2.24) is 10.3 Å². The summed E-state index contributed by atoms with van der Waals surface area (Å²) in [6.07, 6.45) is 0. The van der Waals surface area contributed by atoms with Crippen LogP contribution >= 0.6 is 0 Å². The van der Waals surface area contributed by atoms with Crippen molar-refractivity contribution in [2.45, 2.75) is 6.54 Å². The van der Waals surface area contributed by atoms with Gasteiger partial charge in [-0.25, -0.2) is 0 Å². The van der Waals surface area contributed by atoms with Crippen LogP contribution in [-0.4, -0.2) is 39.5 Å². The number of methoxy groups -OCH3 is 3. The van der Waals surface area contributed by atoms with Crippen molar-refractivity contribution in [2.24, 2.45) is 0 Å². The second kappa shape index (κ2) is 7.10. The second-order valence-corrected chi connectivity index (χ2v) is 4.59. The molecule has 0 aliphatic heterocycles. The molecule has 2 rings (SSSR count). The maximum atomic E-state index is 12.1. The van der Waals surface area contributed by atoms with Crippen molar-refractivity contribution in [3.63, 3.8) is 0 Å². The van der Waals surface area contributed by atoms with Crippen LogP contribution in [0.4, 0.5) is 0 Å². The summed E-state index contributed by atoms with van der Waals surface area (Å²) in [6.45, 7) is 1.79. The average Bonchev–Trinajstić information content (AvgIpc) is 2.50. The maximum absolute atomic E-state index is 12.1. The molecule has 0 fully saturated rings. The molecule has 0 atom stereocenters. The Morgan fingerprint density at radius 2 is 1.81 bits per heavy atom. The predicted octanol–water partition coefficient (Wildman–Crippen LogP) is 1.28. The lowest BCUT2D eigenvalue weighted by Crippen LogP contribution is -2.23. The van der Waals surface area contributed by atoms with E-state index in [-0.39, 0.29) is 5.56 Å². The van der Waals surface area contributed by atoms with Crippen molar-refractivity contribution in [3.05, 3.63) is 34.1 Å². The SMILES string of the molecule is COCCNCc1cc2cc(OC)c(OC)cc2[nH]c1=O. The fourth-order valence-corrected chi connectivity index (χ4v) is 2.11. The molecule has 2 aromatic rings. The number of aromatic amines is 1. The summed E-state index contributed by atoms with van der Waals surface area (Å²) in [5, 5.41) is 4.06. The molecule has 1 heterocycles. The van der Waals surface area contributed by atoms with E-state index in [9.17, 15) is 4.79 Å². The molecule has 0 unspecified atom stereocenters. The van der Waals surface area contributed by atoms with E-state index in [1.165, 1.54) is 0 Å². The maximum Gasteiger partial charge on any atom is 0.252 e. The number of benzene rings is 1. The molecule has 0 radical (unpaired) electrons. The predicted molar refractivity (Wildman–Crippen MR) is 81.3 cm³/mol. The molecule has 0 aliphatic rings. The summed E-state index contributed by atoms with van der Waals surface area (Å²) in [5.41, 5.74) is 1.28. The van der Waals surface area contributed by atoms with Gasteiger partial charge < -0.3 is 24.5 Å². The lowest BCUT2D eigenvalue weighted by molar-refractivity contribution is 0.199. The number of hydrogen-bond acceptors (Lipinski definition) is 5. The lowest BCUT2D eigenvalue weighted by atomic mass is 10.1. The highest BCUT2D eigenvalue weighted by Gasteiger charge is 2.09. The van der Waals surface area contributed by atoms with Gasteiger partial charge in [-0.1, -0.05) is 0 Å². The van der Waals surface area contributed by atoms with Crippen molar-refractivity contribution in [3.8, 4) is 11.5 Å². The number of aromatic nitrogens is 1. The summed E-state index contributed by atoms with van der Waals surface area (Å²) in [6, 6.07) is 5.47. The molecule has 0 saturated heterocycles. The summed E-state index contributed by atoms with van der Waals surface area (Å²) in [5.74, 6) is 1.22. The molecule has 1 aromatic heterocycles. The molecule has 0 aliphatic carbocycles. The minimum absolute atomic E-state index is 0.111. The zero-order chi connectivity index (χ0) is 15.2. The molecule has 0 spiro atoms. The van der Waals surface area contributed by atoms with Crippen molar-refractivity contribution >= 4 is 10.9 Å². The lowest BCUT2D eigenvalue weighted by Gasteiger charge is -2.10. The van der Waals surface area contributed by atoms with Crippen LogP contribution in [0.1, 0.15) is 5.56 Å². The van der Waals surface area contributed by atoms with E-state index >= 15 is 0 Å². The minimum Gasteiger partial charge on any atom is -0.493 e. The van der Waals surface area contributed by atoms with Crippen LogP contribution in [-0.2, 0) is 11.3 Å². The summed E-state index contributed by atoms with van der Waals surface area (Å²) in [4.78, 5) is 14.9. The van der Waals surface area contributed by atoms with Crippen molar-refractivity contribution in [1.29, 1.82) is 0 Å². The number of pyridine rings is 1. The first-order valence-electron chi connectivity index (χ1n) is 6.67. The minimum atomic E-state index is -0.111. The summed E-state index contributed by atoms with van der Waals surface area (Å²) < 4.78 is 15.5. The van der Waals surface area contributed by atoms with Gasteiger partial charge in [0.2, 0.25) is 0 Å². The standard InChI is InChI=1S/C15H20N2O4/c1-19-5-4-16-9-11-6-10-7-13(20-2)14(21-3)8-12(10)17-15(11)18/h6-8,16H,4-5,9H2,1-3H3,(H,17,18). The largest absolute Gasteiger partial charge is 0.493 e. The van der Waals surface area contributed by atoms with Crippen LogP contribution < -0.4 is 20.3 Å². The van der Waals surface area contributed by atoms with E-state index in [2.05, 4.69) is 10.3 Å². The van der Waals surface area contributed by atoms with E-state index in [4.69, 9.17) is 14.2 Å². The normalized spacial score (nSPS) is 10.8. The first-order chi connectivity index (χ1) is 10.2. The van der Waals surface area contributed by atoms with E-state index < -0.39 is 0 Å². The number of ether oxygens (including phenoxy) is 3. The third kappa shape index (κ3) is 3.53. The topological polar surface area (TPSA) is 72.6 Å². The van der Waals surface area contributed by atoms with Gasteiger partial charge in [0.1, 0.15) is 0 Å². The zero-order valence-corrected chi connectivity index (χ0v) is 12.5. The molecule has 21 heavy (non-hydrogen) atoms. The van der Waals surface area contributed by atoms with E-state index in [1.54, 1.807) is 27.4 Å². The van der Waals surface area contributed by atoms with Gasteiger partial charge in [0.25, 0.3) is 5.56 Å². The van der Waals surface area contributed by atoms with Crippen LogP contribution in [0.3, 0.4) is 0 Å². The molecule has 0 saturated carbocycles. The van der Waals surface area contributed by atoms with Gasteiger partial charge in [-0.2, -0.15) is 0 Å². The molecule has 114 valence electrons. The number of nitrogens with one attached hydrogen (secondary N) is 2. The van der Waals surface area contributed by atoms with Gasteiger partial charge >= 0.3 is 0 Å². The second-order valence-electron chi connectivity index (χ2n) is 4.59. The van der Waals surface area contributed by atoms with Crippen LogP contribution in [0, 0.1) is 0 Å². The van der Waals surface area contributed by atoms with Crippen molar-refractivity contribution in [2.75, 3.05) is 34.5 Å². The third-order valence-electron chi connectivity index (χ3n) is 3.22. The Hall–Kier alpha value is -2.05. The van der Waals surface area contributed by atoms with Gasteiger partial charge in [0.15, 0.2) is 11.5 Å². The highest BCUT2D eigenvalue weighted by Crippen LogP contribution is 2.30. The number of hydrogen-bond donors (Lipinski definition) is 2. The Bertz CT molecular complexity index is 667. The smallest absolute Gasteiger partial charge is 0.252 e. The van der Waals surface area contributed by atoms with Gasteiger partial charge in [0, 0.05) is 37.2 Å². The van der Waals surface area contributed by atoms with E-state index in [0.717, 1.165) is 10.9 Å². The van der Waals surface area contributed by atoms with Gasteiger partial charge in [0.05, 0.1) is 26.3 Å². The Morgan fingerprint density at radius 1 is 1.10 bits per heavy atom. The summed E-state index contributed by atoms with van der Waals surface area (Å²) in [7, 11) is 4.79. The Labute approximate surface area is 123 Å². The third-order valence-corrected chi connectivity index (χ3v) is 3.22. The number of fused-ring (bicyclic) bond motifs is 1. The monoisotopic (exact) mass is 292 g/mol. The fourth-order valence-electron chi connectivity index (χ4n) is 2.11. The quantitative estimate of drug-likeness (QED) is 0.752. The fraction of sp³-hybridized carbons (Fsp3) is 0.400. The molecule has 0 amide bonds. The Kier molecular flexibility index (Phi) is 5.19. The molecular weight excluding hydrogens is 272 g/mol. The molecular formula is C15H20N2O4. The first kappa shape index (κ1) is 15.3. The molecule has 6 heteroatoms. The van der Waals surface area contributed by atoms with Gasteiger partial charge in [-0.3, -0.25) is 4.79 Å². The highest BCUT2D eigenvalue weighted by atomic mass is 16.5. The summed E-state index contributed by atoms with van der Waals surface area (Å²) >= 11 is 0. The van der Waals surface area contributed by atoms with Gasteiger partial charge in [-0.15, -0.1) is 0 Å². The highest BCUT2D eigenvalue weighted by molar-refractivity contribution is 5.83. The van der Waals surface area contributed by atoms with Gasteiger partial charge in [-0.05, 0) is 12.1 Å². The molecule has 6 nitrogen and oxygen atoms in total. The Morgan fingerprint density at radius 3 is 2.48 bits per heavy atom. The number of H-pyrrole nitrogens is 1. The average molecular weight is 292 g/mol. The zero-order valence-electron chi connectivity index (χ0n) is 12.5. The van der Waals surface area contributed by atoms with Crippen LogP contribution in [0.5, 0.6) is 11.5 Å². The van der Waals surface area contributed by atoms with Crippen LogP contribution in [0.25, 0.3) is 10.9 Å². The van der Waals surface area contributed by atoms with E-state index in [1.807, 2.05) is 12.1 Å². The van der Waals surface area contributed by atoms with Crippen LogP contribution in [0.15, 0.2) is 23.0 Å². The van der Waals surface area contributed by atoms with E-state index in [0.29, 0.717) is 36.8 Å².